The molecule has 13 heavy (non-hydrogen) atoms. The quantitative estimate of drug-likeness (QED) is 0.614. The Morgan fingerprint density at radius 3 is 2.38 bits per heavy atom. The van der Waals surface area contributed by atoms with Crippen LogP contribution in [0.4, 0.5) is 0 Å². The van der Waals surface area contributed by atoms with Gasteiger partial charge in [0.25, 0.3) is 0 Å². The zero-order valence-corrected chi connectivity index (χ0v) is 8.36. The summed E-state index contributed by atoms with van der Waals surface area (Å²) in [6.07, 6.45) is 1.49. The van der Waals surface area contributed by atoms with Crippen LogP contribution >= 0.6 is 0 Å². The first kappa shape index (κ1) is 12.4. The molecule has 0 aliphatic heterocycles. The lowest BCUT2D eigenvalue weighted by molar-refractivity contribution is -0.143. The minimum atomic E-state index is -0.794. The van der Waals surface area contributed by atoms with E-state index in [0.717, 1.165) is 6.42 Å². The number of rotatable bonds is 7. The highest BCUT2D eigenvalue weighted by Crippen LogP contribution is 2.06. The molecule has 0 aromatic carbocycles. The summed E-state index contributed by atoms with van der Waals surface area (Å²) in [4.78, 5) is 12.6. The van der Waals surface area contributed by atoms with Gasteiger partial charge in [-0.1, -0.05) is 20.3 Å². The van der Waals surface area contributed by atoms with Crippen LogP contribution in [-0.4, -0.2) is 46.8 Å². The predicted molar refractivity (Wildman–Crippen MR) is 50.7 cm³/mol. The van der Waals surface area contributed by atoms with E-state index in [1.165, 1.54) is 0 Å². The van der Waals surface area contributed by atoms with Crippen molar-refractivity contribution in [1.29, 1.82) is 0 Å². The van der Waals surface area contributed by atoms with E-state index in [4.69, 9.17) is 10.2 Å². The SMILES string of the molecule is CCCC(C(=O)O)N(CC)CCO. The van der Waals surface area contributed by atoms with Crippen LogP contribution in [0.15, 0.2) is 0 Å². The van der Waals surface area contributed by atoms with Gasteiger partial charge in [0.05, 0.1) is 6.61 Å². The van der Waals surface area contributed by atoms with Crippen LogP contribution in [-0.2, 0) is 4.79 Å². The van der Waals surface area contributed by atoms with Crippen molar-refractivity contribution in [3.05, 3.63) is 0 Å². The second-order valence-corrected chi connectivity index (χ2v) is 2.99. The Morgan fingerprint density at radius 1 is 1.46 bits per heavy atom. The average molecular weight is 189 g/mol. The van der Waals surface area contributed by atoms with Crippen molar-refractivity contribution in [2.24, 2.45) is 0 Å². The first-order chi connectivity index (χ1) is 6.17. The van der Waals surface area contributed by atoms with E-state index >= 15 is 0 Å². The molecule has 0 saturated carbocycles. The summed E-state index contributed by atoms with van der Waals surface area (Å²) in [5.41, 5.74) is 0. The first-order valence-electron chi connectivity index (χ1n) is 4.75. The van der Waals surface area contributed by atoms with Gasteiger partial charge in [-0.05, 0) is 13.0 Å². The summed E-state index contributed by atoms with van der Waals surface area (Å²) in [5, 5.41) is 17.6. The molecule has 0 aromatic heterocycles. The molecule has 0 heterocycles. The van der Waals surface area contributed by atoms with E-state index in [0.29, 0.717) is 19.5 Å². The van der Waals surface area contributed by atoms with Gasteiger partial charge in [0.15, 0.2) is 0 Å². The lowest BCUT2D eigenvalue weighted by Gasteiger charge is -2.26. The molecule has 4 nitrogen and oxygen atoms in total. The Kier molecular flexibility index (Phi) is 6.54. The highest BCUT2D eigenvalue weighted by Gasteiger charge is 2.22. The van der Waals surface area contributed by atoms with Gasteiger partial charge in [-0.15, -0.1) is 0 Å². The van der Waals surface area contributed by atoms with Crippen LogP contribution in [0.3, 0.4) is 0 Å². The summed E-state index contributed by atoms with van der Waals surface area (Å²) >= 11 is 0. The highest BCUT2D eigenvalue weighted by atomic mass is 16.4. The summed E-state index contributed by atoms with van der Waals surface area (Å²) in [6, 6.07) is -0.442. The van der Waals surface area contributed by atoms with E-state index in [1.807, 2.05) is 13.8 Å². The maximum atomic E-state index is 10.8. The fourth-order valence-electron chi connectivity index (χ4n) is 1.40. The smallest absolute Gasteiger partial charge is 0.320 e. The van der Waals surface area contributed by atoms with Crippen molar-refractivity contribution < 1.29 is 15.0 Å². The lowest BCUT2D eigenvalue weighted by atomic mass is 10.1. The molecule has 4 heteroatoms. The fraction of sp³-hybridized carbons (Fsp3) is 0.889. The van der Waals surface area contributed by atoms with Crippen molar-refractivity contribution in [3.8, 4) is 0 Å². The summed E-state index contributed by atoms with van der Waals surface area (Å²) in [5.74, 6) is -0.794. The van der Waals surface area contributed by atoms with Crippen LogP contribution < -0.4 is 0 Å². The molecule has 78 valence electrons. The molecule has 0 aliphatic rings. The molecule has 0 spiro atoms. The molecular weight excluding hydrogens is 170 g/mol. The van der Waals surface area contributed by atoms with E-state index in [1.54, 1.807) is 4.90 Å². The lowest BCUT2D eigenvalue weighted by Crippen LogP contribution is -2.42. The van der Waals surface area contributed by atoms with Gasteiger partial charge in [-0.3, -0.25) is 9.69 Å². The van der Waals surface area contributed by atoms with Gasteiger partial charge in [0, 0.05) is 6.54 Å². The van der Waals surface area contributed by atoms with Crippen LogP contribution in [0.5, 0.6) is 0 Å². The molecule has 0 aliphatic carbocycles. The Labute approximate surface area is 79.2 Å². The molecule has 1 atom stereocenters. The van der Waals surface area contributed by atoms with Crippen molar-refractivity contribution in [1.82, 2.24) is 4.90 Å². The number of likely N-dealkylation sites (N-methyl/N-ethyl adjacent to an activating group) is 1. The third-order valence-electron chi connectivity index (χ3n) is 2.08. The topological polar surface area (TPSA) is 60.8 Å². The van der Waals surface area contributed by atoms with E-state index in [-0.39, 0.29) is 6.61 Å². The van der Waals surface area contributed by atoms with Gasteiger partial charge >= 0.3 is 5.97 Å². The Bertz CT molecular complexity index is 150. The molecule has 0 bridgehead atoms. The molecule has 0 fully saturated rings. The minimum absolute atomic E-state index is 0.0152. The molecule has 0 saturated heterocycles. The number of aliphatic carboxylic acids is 1. The maximum absolute atomic E-state index is 10.8. The predicted octanol–water partition coefficient (Wildman–Crippen LogP) is 0.554. The van der Waals surface area contributed by atoms with Crippen molar-refractivity contribution in [2.45, 2.75) is 32.7 Å². The van der Waals surface area contributed by atoms with Crippen LogP contribution in [0.25, 0.3) is 0 Å². The molecule has 0 rings (SSSR count). The number of hydrogen-bond acceptors (Lipinski definition) is 3. The average Bonchev–Trinajstić information content (AvgIpc) is 2.10. The van der Waals surface area contributed by atoms with Crippen molar-refractivity contribution in [3.63, 3.8) is 0 Å². The zero-order chi connectivity index (χ0) is 10.3. The molecule has 2 N–H and O–H groups in total. The van der Waals surface area contributed by atoms with E-state index < -0.39 is 12.0 Å². The minimum Gasteiger partial charge on any atom is -0.480 e. The summed E-state index contributed by atoms with van der Waals surface area (Å²) in [7, 11) is 0. The van der Waals surface area contributed by atoms with Gasteiger partial charge in [0.1, 0.15) is 6.04 Å². The normalized spacial score (nSPS) is 13.2. The number of aliphatic hydroxyl groups excluding tert-OH is 1. The molecule has 0 radical (unpaired) electrons. The molecule has 0 aromatic rings. The van der Waals surface area contributed by atoms with E-state index in [2.05, 4.69) is 0 Å². The zero-order valence-electron chi connectivity index (χ0n) is 8.36. The van der Waals surface area contributed by atoms with Gasteiger partial charge in [0.2, 0.25) is 0 Å². The monoisotopic (exact) mass is 189 g/mol. The number of carbonyl (C=O) groups is 1. The number of carboxylic acids is 1. The molecule has 1 unspecified atom stereocenters. The number of carboxylic acid groups (broad SMARTS) is 1. The number of aliphatic hydroxyl groups is 1. The standard InChI is InChI=1S/C9H19NO3/c1-3-5-8(9(12)13)10(4-2)6-7-11/h8,11H,3-7H2,1-2H3,(H,12,13). The van der Waals surface area contributed by atoms with Crippen molar-refractivity contribution >= 4 is 5.97 Å². The second kappa shape index (κ2) is 6.86. The number of hydrogen-bond donors (Lipinski definition) is 2. The third-order valence-corrected chi connectivity index (χ3v) is 2.08. The summed E-state index contributed by atoms with van der Waals surface area (Å²) < 4.78 is 0. The maximum Gasteiger partial charge on any atom is 0.320 e. The van der Waals surface area contributed by atoms with Gasteiger partial charge in [-0.2, -0.15) is 0 Å². The molecular formula is C9H19NO3. The molecule has 0 amide bonds. The number of nitrogens with zero attached hydrogens (tertiary/aromatic N) is 1. The van der Waals surface area contributed by atoms with Crippen LogP contribution in [0.1, 0.15) is 26.7 Å². The summed E-state index contributed by atoms with van der Waals surface area (Å²) in [6.45, 7) is 4.98. The Morgan fingerprint density at radius 2 is 2.08 bits per heavy atom. The first-order valence-corrected chi connectivity index (χ1v) is 4.75. The highest BCUT2D eigenvalue weighted by molar-refractivity contribution is 5.73. The Balaban J connectivity index is 4.20. The van der Waals surface area contributed by atoms with Crippen LogP contribution in [0, 0.1) is 0 Å². The largest absolute Gasteiger partial charge is 0.480 e. The fourth-order valence-corrected chi connectivity index (χ4v) is 1.40. The van der Waals surface area contributed by atoms with Gasteiger partial charge in [-0.25, -0.2) is 0 Å². The van der Waals surface area contributed by atoms with Crippen LogP contribution in [0.2, 0.25) is 0 Å². The van der Waals surface area contributed by atoms with E-state index in [9.17, 15) is 4.79 Å². The van der Waals surface area contributed by atoms with Gasteiger partial charge < -0.3 is 10.2 Å². The second-order valence-electron chi connectivity index (χ2n) is 2.99. The third kappa shape index (κ3) is 4.24. The van der Waals surface area contributed by atoms with Crippen molar-refractivity contribution in [2.75, 3.05) is 19.7 Å². The Hall–Kier alpha value is -0.610.